The Morgan fingerprint density at radius 3 is 2.40 bits per heavy atom. The van der Waals surface area contributed by atoms with Crippen molar-refractivity contribution in [3.8, 4) is 17.2 Å². The fourth-order valence-corrected chi connectivity index (χ4v) is 3.37. The van der Waals surface area contributed by atoms with E-state index in [1.807, 2.05) is 36.4 Å². The molecule has 1 amide bonds. The minimum absolute atomic E-state index is 0.0433. The van der Waals surface area contributed by atoms with E-state index in [0.717, 1.165) is 5.69 Å². The summed E-state index contributed by atoms with van der Waals surface area (Å²) >= 11 is 0. The lowest BCUT2D eigenvalue weighted by molar-refractivity contribution is -0.116. The van der Waals surface area contributed by atoms with Gasteiger partial charge in [-0.25, -0.2) is 0 Å². The van der Waals surface area contributed by atoms with Crippen LogP contribution in [0.4, 0.5) is 5.69 Å². The first-order valence-corrected chi connectivity index (χ1v) is 10.4. The second-order valence-electron chi connectivity index (χ2n) is 9.11. The second kappa shape index (κ2) is 8.05. The summed E-state index contributed by atoms with van der Waals surface area (Å²) in [5.41, 5.74) is 2.14. The average Bonchev–Trinajstić information content (AvgIpc) is 3.51. The standard InChI is InChI=1S/C25H29NO4/c1-25(2,3)16-29-21-12-9-19(15-23(21)28-4)26-14-13-22(24(26)27)30-20-10-7-18(8-11-20)17-5-6-17/h7-13,15,17H,5-6,14,16H2,1-4H3. The monoisotopic (exact) mass is 407 g/mol. The molecule has 1 fully saturated rings. The normalized spacial score (nSPS) is 16.5. The van der Waals surface area contributed by atoms with Gasteiger partial charge in [0.15, 0.2) is 17.3 Å². The number of hydrogen-bond donors (Lipinski definition) is 0. The molecule has 0 aromatic heterocycles. The molecule has 0 radical (unpaired) electrons. The van der Waals surface area contributed by atoms with Crippen molar-refractivity contribution in [3.63, 3.8) is 0 Å². The van der Waals surface area contributed by atoms with Crippen molar-refractivity contribution in [3.05, 3.63) is 59.9 Å². The van der Waals surface area contributed by atoms with Crippen molar-refractivity contribution in [2.45, 2.75) is 39.5 Å². The van der Waals surface area contributed by atoms with E-state index in [1.54, 1.807) is 12.0 Å². The van der Waals surface area contributed by atoms with Crippen molar-refractivity contribution in [1.82, 2.24) is 0 Å². The van der Waals surface area contributed by atoms with Crippen molar-refractivity contribution in [1.29, 1.82) is 0 Å². The zero-order valence-electron chi connectivity index (χ0n) is 18.1. The molecule has 2 aliphatic rings. The third kappa shape index (κ3) is 4.61. The van der Waals surface area contributed by atoms with Crippen molar-refractivity contribution in [2.24, 2.45) is 5.41 Å². The summed E-state index contributed by atoms with van der Waals surface area (Å²) in [5, 5.41) is 0. The molecule has 0 spiro atoms. The van der Waals surface area contributed by atoms with Crippen LogP contribution in [0.1, 0.15) is 45.1 Å². The highest BCUT2D eigenvalue weighted by atomic mass is 16.5. The van der Waals surface area contributed by atoms with Crippen LogP contribution in [0, 0.1) is 5.41 Å². The number of carbonyl (C=O) groups excluding carboxylic acids is 1. The number of benzene rings is 2. The maximum Gasteiger partial charge on any atom is 0.294 e. The summed E-state index contributed by atoms with van der Waals surface area (Å²) in [7, 11) is 1.60. The summed E-state index contributed by atoms with van der Waals surface area (Å²) < 4.78 is 17.3. The first kappa shape index (κ1) is 20.3. The van der Waals surface area contributed by atoms with Crippen LogP contribution < -0.4 is 19.1 Å². The van der Waals surface area contributed by atoms with Crippen molar-refractivity contribution >= 4 is 11.6 Å². The van der Waals surface area contributed by atoms with Crippen molar-refractivity contribution in [2.75, 3.05) is 25.2 Å². The van der Waals surface area contributed by atoms with E-state index in [0.29, 0.717) is 42.1 Å². The third-order valence-corrected chi connectivity index (χ3v) is 5.19. The molecule has 0 N–H and O–H groups in total. The van der Waals surface area contributed by atoms with E-state index < -0.39 is 0 Å². The Morgan fingerprint density at radius 1 is 1.03 bits per heavy atom. The molecule has 5 nitrogen and oxygen atoms in total. The van der Waals surface area contributed by atoms with E-state index in [9.17, 15) is 4.79 Å². The van der Waals surface area contributed by atoms with Crippen LogP contribution in [-0.4, -0.2) is 26.2 Å². The van der Waals surface area contributed by atoms with Gasteiger partial charge in [0, 0.05) is 18.3 Å². The first-order chi connectivity index (χ1) is 14.3. The van der Waals surface area contributed by atoms with Gasteiger partial charge in [0.25, 0.3) is 5.91 Å². The van der Waals surface area contributed by atoms with Gasteiger partial charge in [0.2, 0.25) is 0 Å². The Hall–Kier alpha value is -2.95. The smallest absolute Gasteiger partial charge is 0.294 e. The van der Waals surface area contributed by atoms with Gasteiger partial charge in [0.05, 0.1) is 13.7 Å². The zero-order chi connectivity index (χ0) is 21.3. The number of carbonyl (C=O) groups is 1. The molecule has 5 heteroatoms. The summed E-state index contributed by atoms with van der Waals surface area (Å²) in [6.07, 6.45) is 4.35. The van der Waals surface area contributed by atoms with Gasteiger partial charge in [-0.05, 0) is 60.1 Å². The molecule has 1 saturated carbocycles. The van der Waals surface area contributed by atoms with Crippen LogP contribution in [0.25, 0.3) is 0 Å². The topological polar surface area (TPSA) is 48.0 Å². The van der Waals surface area contributed by atoms with Crippen molar-refractivity contribution < 1.29 is 19.0 Å². The van der Waals surface area contributed by atoms with E-state index in [2.05, 4.69) is 32.9 Å². The largest absolute Gasteiger partial charge is 0.493 e. The molecule has 1 heterocycles. The van der Waals surface area contributed by atoms with Gasteiger partial charge in [0.1, 0.15) is 5.75 Å². The summed E-state index contributed by atoms with van der Waals surface area (Å²) in [6, 6.07) is 13.6. The number of ether oxygens (including phenoxy) is 3. The molecule has 1 aliphatic heterocycles. The van der Waals surface area contributed by atoms with Gasteiger partial charge in [-0.2, -0.15) is 0 Å². The lowest BCUT2D eigenvalue weighted by Gasteiger charge is -2.22. The molecule has 4 rings (SSSR count). The first-order valence-electron chi connectivity index (χ1n) is 10.4. The molecule has 0 unspecified atom stereocenters. The Balaban J connectivity index is 1.43. The molecule has 2 aromatic rings. The molecular weight excluding hydrogens is 378 g/mol. The van der Waals surface area contributed by atoms with Crippen LogP contribution in [0.2, 0.25) is 0 Å². The fraction of sp³-hybridized carbons (Fsp3) is 0.400. The Kier molecular flexibility index (Phi) is 5.46. The third-order valence-electron chi connectivity index (χ3n) is 5.19. The van der Waals surface area contributed by atoms with Gasteiger partial charge in [-0.3, -0.25) is 4.79 Å². The van der Waals surface area contributed by atoms with Crippen LogP contribution in [0.3, 0.4) is 0 Å². The van der Waals surface area contributed by atoms with Gasteiger partial charge in [-0.1, -0.05) is 32.9 Å². The van der Waals surface area contributed by atoms with E-state index >= 15 is 0 Å². The second-order valence-corrected chi connectivity index (χ2v) is 9.11. The Labute approximate surface area is 178 Å². The number of nitrogens with zero attached hydrogens (tertiary/aromatic N) is 1. The van der Waals surface area contributed by atoms with Crippen LogP contribution in [0.5, 0.6) is 17.2 Å². The summed E-state index contributed by atoms with van der Waals surface area (Å²) in [6.45, 7) is 7.38. The minimum atomic E-state index is -0.160. The molecule has 0 saturated heterocycles. The maximum absolute atomic E-state index is 12.9. The Bertz CT molecular complexity index is 952. The van der Waals surface area contributed by atoms with Crippen LogP contribution in [0.15, 0.2) is 54.3 Å². The predicted molar refractivity (Wildman–Crippen MR) is 117 cm³/mol. The lowest BCUT2D eigenvalue weighted by Crippen LogP contribution is -2.27. The van der Waals surface area contributed by atoms with E-state index in [1.165, 1.54) is 18.4 Å². The van der Waals surface area contributed by atoms with Gasteiger partial charge in [-0.15, -0.1) is 0 Å². The molecule has 0 atom stereocenters. The maximum atomic E-state index is 12.9. The number of hydrogen-bond acceptors (Lipinski definition) is 4. The highest BCUT2D eigenvalue weighted by molar-refractivity contribution is 6.07. The number of methoxy groups -OCH3 is 1. The van der Waals surface area contributed by atoms with E-state index in [-0.39, 0.29) is 11.3 Å². The molecule has 0 bridgehead atoms. The zero-order valence-corrected chi connectivity index (χ0v) is 18.1. The highest BCUT2D eigenvalue weighted by Crippen LogP contribution is 2.40. The van der Waals surface area contributed by atoms with Gasteiger partial charge >= 0.3 is 0 Å². The highest BCUT2D eigenvalue weighted by Gasteiger charge is 2.28. The Morgan fingerprint density at radius 2 is 1.77 bits per heavy atom. The SMILES string of the molecule is COc1cc(N2CC=C(Oc3ccc(C4CC4)cc3)C2=O)ccc1OCC(C)(C)C. The van der Waals surface area contributed by atoms with Gasteiger partial charge < -0.3 is 19.1 Å². The predicted octanol–water partition coefficient (Wildman–Crippen LogP) is 5.31. The molecule has 1 aliphatic carbocycles. The average molecular weight is 408 g/mol. The van der Waals surface area contributed by atoms with Crippen LogP contribution in [-0.2, 0) is 4.79 Å². The summed E-state index contributed by atoms with van der Waals surface area (Å²) in [5.74, 6) is 2.85. The number of anilines is 1. The molecular formula is C25H29NO4. The molecule has 30 heavy (non-hydrogen) atoms. The van der Waals surface area contributed by atoms with Crippen LogP contribution >= 0.6 is 0 Å². The quantitative estimate of drug-likeness (QED) is 0.624. The number of amides is 1. The number of rotatable bonds is 7. The molecule has 158 valence electrons. The fourth-order valence-electron chi connectivity index (χ4n) is 3.37. The molecule has 2 aromatic carbocycles. The summed E-state index contributed by atoms with van der Waals surface area (Å²) in [4.78, 5) is 14.6. The minimum Gasteiger partial charge on any atom is -0.493 e. The lowest BCUT2D eigenvalue weighted by atomic mass is 9.99. The van der Waals surface area contributed by atoms with E-state index in [4.69, 9.17) is 14.2 Å².